The molecule has 1 amide bonds. The SMILES string of the molecule is CNC(CCN1CCCC2CCCCC21)C(N)=O. The fraction of sp³-hybridized carbons (Fsp3) is 0.929. The predicted octanol–water partition coefficient (Wildman–Crippen LogP) is 1.10. The zero-order valence-electron chi connectivity index (χ0n) is 11.5. The van der Waals surface area contributed by atoms with Crippen molar-refractivity contribution >= 4 is 5.91 Å². The number of carbonyl (C=O) groups is 1. The number of hydrogen-bond acceptors (Lipinski definition) is 3. The number of primary amides is 1. The summed E-state index contributed by atoms with van der Waals surface area (Å²) in [6.07, 6.45) is 9.12. The van der Waals surface area contributed by atoms with Crippen LogP contribution < -0.4 is 11.1 Å². The summed E-state index contributed by atoms with van der Waals surface area (Å²) in [7, 11) is 1.81. The van der Waals surface area contributed by atoms with Crippen molar-refractivity contribution in [3.8, 4) is 0 Å². The number of fused-ring (bicyclic) bond motifs is 1. The van der Waals surface area contributed by atoms with Gasteiger partial charge in [-0.15, -0.1) is 0 Å². The van der Waals surface area contributed by atoms with Crippen molar-refractivity contribution in [3.05, 3.63) is 0 Å². The van der Waals surface area contributed by atoms with E-state index in [4.69, 9.17) is 5.73 Å². The van der Waals surface area contributed by atoms with Gasteiger partial charge in [-0.3, -0.25) is 4.79 Å². The Hall–Kier alpha value is -0.610. The van der Waals surface area contributed by atoms with Gasteiger partial charge in [0.15, 0.2) is 0 Å². The zero-order valence-corrected chi connectivity index (χ0v) is 11.5. The number of likely N-dealkylation sites (tertiary alicyclic amines) is 1. The quantitative estimate of drug-likeness (QED) is 0.771. The smallest absolute Gasteiger partial charge is 0.234 e. The molecular weight excluding hydrogens is 226 g/mol. The summed E-state index contributed by atoms with van der Waals surface area (Å²) in [5, 5.41) is 3.01. The highest BCUT2D eigenvalue weighted by molar-refractivity contribution is 5.79. The third-order valence-corrected chi connectivity index (χ3v) is 4.76. The molecule has 0 bridgehead atoms. The Morgan fingerprint density at radius 3 is 2.78 bits per heavy atom. The first kappa shape index (κ1) is 13.8. The molecule has 1 saturated carbocycles. The molecule has 1 heterocycles. The first-order chi connectivity index (χ1) is 8.72. The van der Waals surface area contributed by atoms with Crippen LogP contribution in [0.4, 0.5) is 0 Å². The van der Waals surface area contributed by atoms with Gasteiger partial charge in [-0.25, -0.2) is 0 Å². The van der Waals surface area contributed by atoms with Crippen LogP contribution in [0, 0.1) is 5.92 Å². The van der Waals surface area contributed by atoms with Crippen molar-refractivity contribution in [3.63, 3.8) is 0 Å². The highest BCUT2D eigenvalue weighted by Gasteiger charge is 2.33. The number of nitrogens with zero attached hydrogens (tertiary/aromatic N) is 1. The van der Waals surface area contributed by atoms with Crippen LogP contribution in [0.1, 0.15) is 44.9 Å². The van der Waals surface area contributed by atoms with Crippen molar-refractivity contribution in [2.75, 3.05) is 20.1 Å². The van der Waals surface area contributed by atoms with E-state index in [0.717, 1.165) is 24.9 Å². The molecular formula is C14H27N3O. The standard InChI is InChI=1S/C14H27N3O/c1-16-12(14(15)18)8-10-17-9-4-6-11-5-2-3-7-13(11)17/h11-13,16H,2-10H2,1H3,(H2,15,18). The lowest BCUT2D eigenvalue weighted by Crippen LogP contribution is -2.49. The third-order valence-electron chi connectivity index (χ3n) is 4.76. The summed E-state index contributed by atoms with van der Waals surface area (Å²) in [6.45, 7) is 2.21. The summed E-state index contributed by atoms with van der Waals surface area (Å²) >= 11 is 0. The fourth-order valence-electron chi connectivity index (χ4n) is 3.73. The maximum Gasteiger partial charge on any atom is 0.234 e. The molecule has 18 heavy (non-hydrogen) atoms. The first-order valence-corrected chi connectivity index (χ1v) is 7.43. The summed E-state index contributed by atoms with van der Waals surface area (Å²) in [4.78, 5) is 13.8. The minimum Gasteiger partial charge on any atom is -0.368 e. The average Bonchev–Trinajstić information content (AvgIpc) is 2.39. The summed E-state index contributed by atoms with van der Waals surface area (Å²) in [6, 6.07) is 0.604. The lowest BCUT2D eigenvalue weighted by Gasteiger charge is -2.44. The molecule has 1 aliphatic heterocycles. The van der Waals surface area contributed by atoms with E-state index in [9.17, 15) is 4.79 Å². The molecule has 104 valence electrons. The Labute approximate surface area is 110 Å². The average molecular weight is 253 g/mol. The second-order valence-corrected chi connectivity index (χ2v) is 5.82. The zero-order chi connectivity index (χ0) is 13.0. The van der Waals surface area contributed by atoms with E-state index < -0.39 is 0 Å². The van der Waals surface area contributed by atoms with E-state index in [0.29, 0.717) is 0 Å². The molecule has 0 radical (unpaired) electrons. The molecule has 0 aromatic rings. The predicted molar refractivity (Wildman–Crippen MR) is 73.2 cm³/mol. The number of piperidine rings is 1. The number of rotatable bonds is 5. The summed E-state index contributed by atoms with van der Waals surface area (Å²) in [5.41, 5.74) is 5.37. The minimum absolute atomic E-state index is 0.172. The van der Waals surface area contributed by atoms with Gasteiger partial charge in [0.05, 0.1) is 6.04 Å². The second-order valence-electron chi connectivity index (χ2n) is 5.82. The van der Waals surface area contributed by atoms with Crippen molar-refractivity contribution in [2.45, 2.75) is 57.0 Å². The van der Waals surface area contributed by atoms with Crippen LogP contribution in [0.3, 0.4) is 0 Å². The van der Waals surface area contributed by atoms with Gasteiger partial charge in [0, 0.05) is 12.6 Å². The van der Waals surface area contributed by atoms with Crippen LogP contribution in [0.15, 0.2) is 0 Å². The van der Waals surface area contributed by atoms with E-state index in [-0.39, 0.29) is 11.9 Å². The van der Waals surface area contributed by atoms with Gasteiger partial charge in [-0.1, -0.05) is 12.8 Å². The van der Waals surface area contributed by atoms with Gasteiger partial charge in [0.25, 0.3) is 0 Å². The van der Waals surface area contributed by atoms with Crippen molar-refractivity contribution in [2.24, 2.45) is 11.7 Å². The fourth-order valence-corrected chi connectivity index (χ4v) is 3.73. The minimum atomic E-state index is -0.227. The highest BCUT2D eigenvalue weighted by atomic mass is 16.1. The lowest BCUT2D eigenvalue weighted by atomic mass is 9.78. The normalized spacial score (nSPS) is 30.7. The Morgan fingerprint density at radius 1 is 1.33 bits per heavy atom. The molecule has 3 unspecified atom stereocenters. The van der Waals surface area contributed by atoms with E-state index in [2.05, 4.69) is 10.2 Å². The Bertz CT molecular complexity index is 280. The lowest BCUT2D eigenvalue weighted by molar-refractivity contribution is -0.120. The van der Waals surface area contributed by atoms with Crippen LogP contribution in [-0.2, 0) is 4.79 Å². The maximum absolute atomic E-state index is 11.2. The molecule has 0 aromatic carbocycles. The number of likely N-dealkylation sites (N-methyl/N-ethyl adjacent to an activating group) is 1. The number of nitrogens with one attached hydrogen (secondary N) is 1. The molecule has 1 saturated heterocycles. The van der Waals surface area contributed by atoms with Gasteiger partial charge < -0.3 is 16.0 Å². The summed E-state index contributed by atoms with van der Waals surface area (Å²) < 4.78 is 0. The molecule has 4 nitrogen and oxygen atoms in total. The van der Waals surface area contributed by atoms with Crippen LogP contribution in [0.2, 0.25) is 0 Å². The molecule has 3 atom stereocenters. The van der Waals surface area contributed by atoms with E-state index >= 15 is 0 Å². The first-order valence-electron chi connectivity index (χ1n) is 7.43. The second kappa shape index (κ2) is 6.53. The molecule has 0 aromatic heterocycles. The van der Waals surface area contributed by atoms with E-state index in [1.807, 2.05) is 7.05 Å². The van der Waals surface area contributed by atoms with Crippen LogP contribution >= 0.6 is 0 Å². The molecule has 2 fully saturated rings. The van der Waals surface area contributed by atoms with Gasteiger partial charge in [-0.2, -0.15) is 0 Å². The Balaban J connectivity index is 1.85. The van der Waals surface area contributed by atoms with Gasteiger partial charge in [0.1, 0.15) is 0 Å². The number of carbonyl (C=O) groups excluding carboxylic acids is 1. The van der Waals surface area contributed by atoms with Crippen molar-refractivity contribution < 1.29 is 4.79 Å². The largest absolute Gasteiger partial charge is 0.368 e. The van der Waals surface area contributed by atoms with Crippen LogP contribution in [-0.4, -0.2) is 43.0 Å². The topological polar surface area (TPSA) is 58.4 Å². The molecule has 1 aliphatic carbocycles. The highest BCUT2D eigenvalue weighted by Crippen LogP contribution is 2.35. The van der Waals surface area contributed by atoms with Crippen LogP contribution in [0.25, 0.3) is 0 Å². The number of amides is 1. The summed E-state index contributed by atoms with van der Waals surface area (Å²) in [5.74, 6) is 0.684. The van der Waals surface area contributed by atoms with Gasteiger partial charge in [0.2, 0.25) is 5.91 Å². The van der Waals surface area contributed by atoms with Crippen LogP contribution in [0.5, 0.6) is 0 Å². The molecule has 3 N–H and O–H groups in total. The maximum atomic E-state index is 11.2. The molecule has 2 aliphatic rings. The van der Waals surface area contributed by atoms with Gasteiger partial charge in [-0.05, 0) is 51.6 Å². The number of nitrogens with two attached hydrogens (primary N) is 1. The van der Waals surface area contributed by atoms with E-state index in [1.165, 1.54) is 45.1 Å². The molecule has 4 heteroatoms. The Morgan fingerprint density at radius 2 is 2.06 bits per heavy atom. The monoisotopic (exact) mass is 253 g/mol. The van der Waals surface area contributed by atoms with E-state index in [1.54, 1.807) is 0 Å². The Kier molecular flexibility index (Phi) is 5.01. The molecule has 2 rings (SSSR count). The molecule has 0 spiro atoms. The third kappa shape index (κ3) is 3.23. The van der Waals surface area contributed by atoms with Crippen molar-refractivity contribution in [1.29, 1.82) is 0 Å². The number of hydrogen-bond donors (Lipinski definition) is 2. The van der Waals surface area contributed by atoms with Crippen molar-refractivity contribution in [1.82, 2.24) is 10.2 Å². The van der Waals surface area contributed by atoms with Gasteiger partial charge >= 0.3 is 0 Å².